The molecule has 7 heteroatoms. The molecule has 0 bridgehead atoms. The van der Waals surface area contributed by atoms with E-state index in [0.717, 1.165) is 0 Å². The maximum atomic E-state index is 14.0. The van der Waals surface area contributed by atoms with E-state index in [1.54, 1.807) is 18.0 Å². The molecule has 0 saturated heterocycles. The van der Waals surface area contributed by atoms with Crippen LogP contribution in [0.4, 0.5) is 8.78 Å². The van der Waals surface area contributed by atoms with Crippen LogP contribution in [-0.4, -0.2) is 34.9 Å². The average Bonchev–Trinajstić information content (AvgIpc) is 2.78. The van der Waals surface area contributed by atoms with Gasteiger partial charge in [0, 0.05) is 30.8 Å². The molecule has 1 fully saturated rings. The van der Waals surface area contributed by atoms with Gasteiger partial charge in [-0.25, -0.2) is 8.78 Å². The van der Waals surface area contributed by atoms with Crippen molar-refractivity contribution >= 4 is 5.91 Å². The van der Waals surface area contributed by atoms with E-state index in [4.69, 9.17) is 4.74 Å². The first-order valence-electron chi connectivity index (χ1n) is 9.01. The number of halogens is 2. The predicted molar refractivity (Wildman–Crippen MR) is 90.7 cm³/mol. The molecule has 5 nitrogen and oxygen atoms in total. The third-order valence-electron chi connectivity index (χ3n) is 5.44. The normalized spacial score (nSPS) is 27.7. The second-order valence-corrected chi connectivity index (χ2v) is 7.44. The number of nitriles is 1. The van der Waals surface area contributed by atoms with Gasteiger partial charge in [0.05, 0.1) is 18.0 Å². The summed E-state index contributed by atoms with van der Waals surface area (Å²) < 4.78 is 33.7. The molecule has 0 spiro atoms. The van der Waals surface area contributed by atoms with Gasteiger partial charge in [-0.05, 0) is 19.3 Å². The van der Waals surface area contributed by atoms with E-state index in [9.17, 15) is 18.8 Å². The van der Waals surface area contributed by atoms with E-state index in [-0.39, 0.29) is 25.0 Å². The Morgan fingerprint density at radius 1 is 1.46 bits per heavy atom. The first-order chi connectivity index (χ1) is 12.3. The van der Waals surface area contributed by atoms with Crippen molar-refractivity contribution in [2.45, 2.75) is 57.9 Å². The fourth-order valence-corrected chi connectivity index (χ4v) is 4.21. The third kappa shape index (κ3) is 3.25. The van der Waals surface area contributed by atoms with Gasteiger partial charge < -0.3 is 9.64 Å². The first kappa shape index (κ1) is 18.6. The molecule has 0 aromatic carbocycles. The molecular formula is C19H23F2N3O2. The Kier molecular flexibility index (Phi) is 4.87. The lowest BCUT2D eigenvalue weighted by Gasteiger charge is -2.41. The minimum absolute atomic E-state index is 0.158. The molecule has 0 N–H and O–H groups in total. The Morgan fingerprint density at radius 3 is 2.88 bits per heavy atom. The molecule has 26 heavy (non-hydrogen) atoms. The van der Waals surface area contributed by atoms with Crippen LogP contribution < -0.4 is 4.74 Å². The van der Waals surface area contributed by atoms with Crippen molar-refractivity contribution in [3.8, 4) is 11.8 Å². The average molecular weight is 363 g/mol. The summed E-state index contributed by atoms with van der Waals surface area (Å²) in [6.07, 6.45) is 3.85. The van der Waals surface area contributed by atoms with Crippen molar-refractivity contribution in [1.82, 2.24) is 9.88 Å². The summed E-state index contributed by atoms with van der Waals surface area (Å²) in [4.78, 5) is 19.0. The highest BCUT2D eigenvalue weighted by atomic mass is 19.3. The number of amides is 1. The van der Waals surface area contributed by atoms with Crippen molar-refractivity contribution in [1.29, 1.82) is 5.26 Å². The predicted octanol–water partition coefficient (Wildman–Crippen LogP) is 3.84. The van der Waals surface area contributed by atoms with Crippen LogP contribution in [0.15, 0.2) is 12.4 Å². The summed E-state index contributed by atoms with van der Waals surface area (Å²) in [5.41, 5.74) is -0.0887. The van der Waals surface area contributed by atoms with Crippen molar-refractivity contribution < 1.29 is 18.3 Å². The fourth-order valence-electron chi connectivity index (χ4n) is 4.21. The minimum Gasteiger partial charge on any atom is -0.490 e. The lowest BCUT2D eigenvalue weighted by Crippen LogP contribution is -2.49. The number of fused-ring (bicyclic) bond motifs is 1. The fraction of sp³-hybridized carbons (Fsp3) is 0.632. The molecule has 1 saturated carbocycles. The molecule has 1 aromatic heterocycles. The van der Waals surface area contributed by atoms with Gasteiger partial charge in [-0.2, -0.15) is 5.26 Å². The molecular weight excluding hydrogens is 340 g/mol. The highest BCUT2D eigenvalue weighted by molar-refractivity contribution is 5.83. The quantitative estimate of drug-likeness (QED) is 0.801. The largest absolute Gasteiger partial charge is 0.490 e. The Labute approximate surface area is 152 Å². The van der Waals surface area contributed by atoms with Crippen LogP contribution >= 0.6 is 0 Å². The Hall–Kier alpha value is -2.23. The second kappa shape index (κ2) is 6.82. The zero-order valence-electron chi connectivity index (χ0n) is 15.1. The second-order valence-electron chi connectivity index (χ2n) is 7.44. The van der Waals surface area contributed by atoms with E-state index < -0.39 is 17.8 Å². The minimum atomic E-state index is -2.81. The molecule has 3 rings (SSSR count). The zero-order chi connectivity index (χ0) is 18.9. The van der Waals surface area contributed by atoms with E-state index in [0.29, 0.717) is 42.7 Å². The topological polar surface area (TPSA) is 66.2 Å². The van der Waals surface area contributed by atoms with Crippen molar-refractivity contribution in [3.63, 3.8) is 0 Å². The Balaban J connectivity index is 1.96. The van der Waals surface area contributed by atoms with Crippen LogP contribution in [0.2, 0.25) is 0 Å². The molecule has 2 aliphatic rings. The Bertz CT molecular complexity index is 747. The number of aromatic nitrogens is 1. The first-order valence-corrected chi connectivity index (χ1v) is 9.01. The summed E-state index contributed by atoms with van der Waals surface area (Å²) in [6, 6.07) is 1.72. The van der Waals surface area contributed by atoms with Gasteiger partial charge in [-0.3, -0.25) is 9.78 Å². The number of ether oxygens (including phenoxy) is 1. The molecule has 0 radical (unpaired) electrons. The molecule has 1 aliphatic heterocycles. The van der Waals surface area contributed by atoms with Crippen LogP contribution in [0, 0.1) is 16.7 Å². The summed E-state index contributed by atoms with van der Waals surface area (Å²) in [5, 5.41) is 9.29. The van der Waals surface area contributed by atoms with Gasteiger partial charge >= 0.3 is 0 Å². The number of pyridine rings is 1. The van der Waals surface area contributed by atoms with Crippen LogP contribution in [0.25, 0.3) is 0 Å². The molecule has 1 amide bonds. The van der Waals surface area contributed by atoms with E-state index in [2.05, 4.69) is 11.1 Å². The number of carbonyl (C=O) groups is 1. The lowest BCUT2D eigenvalue weighted by atomic mass is 9.72. The maximum Gasteiger partial charge on any atom is 0.249 e. The van der Waals surface area contributed by atoms with Gasteiger partial charge in [0.25, 0.3) is 0 Å². The number of alkyl halides is 2. The smallest absolute Gasteiger partial charge is 0.249 e. The lowest BCUT2D eigenvalue weighted by molar-refractivity contribution is -0.156. The molecule has 1 aliphatic carbocycles. The highest BCUT2D eigenvalue weighted by Crippen LogP contribution is 2.47. The van der Waals surface area contributed by atoms with Gasteiger partial charge in [-0.15, -0.1) is 0 Å². The van der Waals surface area contributed by atoms with Gasteiger partial charge in [0.2, 0.25) is 11.8 Å². The SMILES string of the molecule is CC[C@H]1c2cncc(C#N)c2OCCN1C(=O)C1(C)CCCC(F)(F)C1. The number of hydrogen-bond donors (Lipinski definition) is 0. The number of nitrogens with zero attached hydrogens (tertiary/aromatic N) is 3. The maximum absolute atomic E-state index is 14.0. The number of carbonyl (C=O) groups excluding carboxylic acids is 1. The standard InChI is InChI=1S/C19H23F2N3O2/c1-3-15-14-11-23-10-13(9-22)16(14)26-8-7-24(15)17(25)18(2)5-4-6-19(20,21)12-18/h10-11,15H,3-8,12H2,1-2H3/t15-,18?/m0/s1. The molecule has 2 atom stereocenters. The third-order valence-corrected chi connectivity index (χ3v) is 5.44. The van der Waals surface area contributed by atoms with Gasteiger partial charge in [0.15, 0.2) is 0 Å². The van der Waals surface area contributed by atoms with Crippen molar-refractivity contribution in [2.24, 2.45) is 5.41 Å². The van der Waals surface area contributed by atoms with Crippen LogP contribution in [0.1, 0.15) is 63.1 Å². The highest BCUT2D eigenvalue weighted by Gasteiger charge is 2.49. The molecule has 140 valence electrons. The monoisotopic (exact) mass is 363 g/mol. The van der Waals surface area contributed by atoms with Gasteiger partial charge in [-0.1, -0.05) is 13.8 Å². The number of rotatable bonds is 2. The van der Waals surface area contributed by atoms with Crippen LogP contribution in [0.5, 0.6) is 5.75 Å². The Morgan fingerprint density at radius 2 is 2.23 bits per heavy atom. The van der Waals surface area contributed by atoms with E-state index >= 15 is 0 Å². The zero-order valence-corrected chi connectivity index (χ0v) is 15.1. The van der Waals surface area contributed by atoms with E-state index in [1.165, 1.54) is 6.20 Å². The molecule has 1 aromatic rings. The summed E-state index contributed by atoms with van der Waals surface area (Å²) in [6.45, 7) is 4.10. The van der Waals surface area contributed by atoms with Crippen molar-refractivity contribution in [3.05, 3.63) is 23.5 Å². The van der Waals surface area contributed by atoms with Crippen molar-refractivity contribution in [2.75, 3.05) is 13.2 Å². The molecule has 2 heterocycles. The molecule has 1 unspecified atom stereocenters. The van der Waals surface area contributed by atoms with Crippen LogP contribution in [-0.2, 0) is 4.79 Å². The summed E-state index contributed by atoms with van der Waals surface area (Å²) >= 11 is 0. The summed E-state index contributed by atoms with van der Waals surface area (Å²) in [7, 11) is 0. The van der Waals surface area contributed by atoms with E-state index in [1.807, 2.05) is 6.92 Å². The number of hydrogen-bond acceptors (Lipinski definition) is 4. The van der Waals surface area contributed by atoms with Gasteiger partial charge in [0.1, 0.15) is 24.0 Å². The summed E-state index contributed by atoms with van der Waals surface area (Å²) in [5.74, 6) is -2.62. The van der Waals surface area contributed by atoms with Crippen LogP contribution in [0.3, 0.4) is 0 Å².